The Morgan fingerprint density at radius 1 is 1.43 bits per heavy atom. The number of carbonyl (C=O) groups is 2. The van der Waals surface area contributed by atoms with Crippen LogP contribution in [0.1, 0.15) is 12.0 Å². The van der Waals surface area contributed by atoms with Crippen molar-refractivity contribution in [2.75, 3.05) is 32.1 Å². The van der Waals surface area contributed by atoms with E-state index in [0.29, 0.717) is 35.2 Å². The summed E-state index contributed by atoms with van der Waals surface area (Å²) in [6.45, 7) is 0.882. The van der Waals surface area contributed by atoms with Crippen molar-refractivity contribution in [3.63, 3.8) is 0 Å². The number of likely N-dealkylation sites (tertiary alicyclic amines) is 1. The summed E-state index contributed by atoms with van der Waals surface area (Å²) >= 11 is 12.1. The van der Waals surface area contributed by atoms with Crippen LogP contribution in [-0.4, -0.2) is 43.5 Å². The summed E-state index contributed by atoms with van der Waals surface area (Å²) < 4.78 is 4.87. The minimum Gasteiger partial charge on any atom is -0.375 e. The lowest BCUT2D eigenvalue weighted by atomic mass is 9.81. The molecule has 3 rings (SSSR count). The van der Waals surface area contributed by atoms with Crippen molar-refractivity contribution in [3.05, 3.63) is 27.7 Å². The number of fused-ring (bicyclic) bond motifs is 2. The number of nitrogens with one attached hydrogen (secondary N) is 1. The molecule has 1 saturated heterocycles. The number of methoxy groups -OCH3 is 1. The molecule has 0 radical (unpaired) electrons. The number of anilines is 1. The molecule has 1 N–H and O–H groups in total. The molecular weight excluding hydrogens is 315 g/mol. The van der Waals surface area contributed by atoms with Crippen LogP contribution in [0.5, 0.6) is 0 Å². The first kappa shape index (κ1) is 14.6. The summed E-state index contributed by atoms with van der Waals surface area (Å²) in [5, 5.41) is 3.65. The van der Waals surface area contributed by atoms with E-state index in [2.05, 4.69) is 5.32 Å². The number of rotatable bonds is 2. The molecule has 0 saturated carbocycles. The molecule has 1 atom stereocenters. The summed E-state index contributed by atoms with van der Waals surface area (Å²) in [6.07, 6.45) is 0.569. The number of hydrogen-bond acceptors (Lipinski definition) is 3. The van der Waals surface area contributed by atoms with Gasteiger partial charge in [0.05, 0.1) is 15.5 Å². The summed E-state index contributed by atoms with van der Waals surface area (Å²) in [5.74, 6) is -0.223. The molecule has 2 heterocycles. The Labute approximate surface area is 132 Å². The maximum absolute atomic E-state index is 12.4. The zero-order chi connectivity index (χ0) is 15.2. The lowest BCUT2D eigenvalue weighted by Crippen LogP contribution is -2.40. The van der Waals surface area contributed by atoms with Gasteiger partial charge in [-0.05, 0) is 24.1 Å². The molecule has 2 amide bonds. The van der Waals surface area contributed by atoms with Crippen LogP contribution in [0.15, 0.2) is 12.1 Å². The molecule has 1 aromatic rings. The highest BCUT2D eigenvalue weighted by molar-refractivity contribution is 6.42. The molecule has 1 spiro atoms. The Morgan fingerprint density at radius 3 is 2.86 bits per heavy atom. The van der Waals surface area contributed by atoms with E-state index in [1.807, 2.05) is 0 Å². The van der Waals surface area contributed by atoms with E-state index in [9.17, 15) is 9.59 Å². The van der Waals surface area contributed by atoms with Crippen LogP contribution in [-0.2, 0) is 19.7 Å². The topological polar surface area (TPSA) is 58.6 Å². The molecule has 2 aliphatic heterocycles. The fourth-order valence-corrected chi connectivity index (χ4v) is 3.38. The number of hydrogen-bond donors (Lipinski definition) is 1. The quantitative estimate of drug-likeness (QED) is 0.904. The van der Waals surface area contributed by atoms with Crippen molar-refractivity contribution >= 4 is 40.7 Å². The van der Waals surface area contributed by atoms with Gasteiger partial charge in [0.25, 0.3) is 0 Å². The van der Waals surface area contributed by atoms with Gasteiger partial charge in [-0.2, -0.15) is 0 Å². The first-order chi connectivity index (χ1) is 9.98. The number of benzene rings is 1. The smallest absolute Gasteiger partial charge is 0.248 e. The lowest BCUT2D eigenvalue weighted by molar-refractivity contribution is -0.134. The van der Waals surface area contributed by atoms with E-state index in [-0.39, 0.29) is 18.4 Å². The first-order valence-electron chi connectivity index (χ1n) is 6.55. The van der Waals surface area contributed by atoms with Gasteiger partial charge in [-0.1, -0.05) is 23.2 Å². The van der Waals surface area contributed by atoms with Crippen molar-refractivity contribution in [1.82, 2.24) is 4.90 Å². The Kier molecular flexibility index (Phi) is 3.59. The van der Waals surface area contributed by atoms with Gasteiger partial charge in [0.2, 0.25) is 11.8 Å². The van der Waals surface area contributed by atoms with Gasteiger partial charge >= 0.3 is 0 Å². The number of amides is 2. The van der Waals surface area contributed by atoms with E-state index in [4.69, 9.17) is 27.9 Å². The molecule has 0 unspecified atom stereocenters. The lowest BCUT2D eigenvalue weighted by Gasteiger charge is -2.22. The van der Waals surface area contributed by atoms with Crippen molar-refractivity contribution in [3.8, 4) is 0 Å². The molecule has 5 nitrogen and oxygen atoms in total. The second-order valence-electron chi connectivity index (χ2n) is 5.35. The molecule has 0 aliphatic carbocycles. The van der Waals surface area contributed by atoms with Crippen LogP contribution < -0.4 is 5.32 Å². The Morgan fingerprint density at radius 2 is 2.14 bits per heavy atom. The standard InChI is InChI=1S/C14H14Cl2N2O3/c1-21-6-12(19)18-3-2-14(7-18)8-4-9(15)10(16)5-11(8)17-13(14)20/h4-5H,2-3,6-7H2,1H3,(H,17,20)/t14-/m0/s1. The first-order valence-corrected chi connectivity index (χ1v) is 7.31. The third kappa shape index (κ3) is 2.20. The monoisotopic (exact) mass is 328 g/mol. The van der Waals surface area contributed by atoms with E-state index in [1.165, 1.54) is 7.11 Å². The Bertz CT molecular complexity index is 635. The molecule has 21 heavy (non-hydrogen) atoms. The highest BCUT2D eigenvalue weighted by Gasteiger charge is 2.52. The number of halogens is 2. The minimum absolute atomic E-state index is 0.0198. The average Bonchev–Trinajstić information content (AvgIpc) is 2.98. The fourth-order valence-electron chi connectivity index (χ4n) is 3.05. The van der Waals surface area contributed by atoms with Crippen LogP contribution in [0, 0.1) is 0 Å². The van der Waals surface area contributed by atoms with Gasteiger partial charge in [0, 0.05) is 25.9 Å². The van der Waals surface area contributed by atoms with Gasteiger partial charge in [-0.15, -0.1) is 0 Å². The van der Waals surface area contributed by atoms with E-state index >= 15 is 0 Å². The number of nitrogens with zero attached hydrogens (tertiary/aromatic N) is 1. The minimum atomic E-state index is -0.729. The van der Waals surface area contributed by atoms with Crippen molar-refractivity contribution in [2.45, 2.75) is 11.8 Å². The average molecular weight is 329 g/mol. The Balaban J connectivity index is 1.96. The summed E-state index contributed by atoms with van der Waals surface area (Å²) in [7, 11) is 1.48. The molecule has 2 aliphatic rings. The van der Waals surface area contributed by atoms with Crippen LogP contribution >= 0.6 is 23.2 Å². The molecule has 7 heteroatoms. The predicted octanol–water partition coefficient (Wildman–Crippen LogP) is 2.06. The second-order valence-corrected chi connectivity index (χ2v) is 6.16. The maximum atomic E-state index is 12.4. The SMILES string of the molecule is COCC(=O)N1CC[C@@]2(C1)C(=O)Nc1cc(Cl)c(Cl)cc12. The maximum Gasteiger partial charge on any atom is 0.248 e. The second kappa shape index (κ2) is 5.16. The van der Waals surface area contributed by atoms with Crippen LogP contribution in [0.4, 0.5) is 5.69 Å². The third-order valence-corrected chi connectivity index (χ3v) is 4.87. The molecule has 1 aromatic carbocycles. The highest BCUT2D eigenvalue weighted by atomic mass is 35.5. The van der Waals surface area contributed by atoms with Crippen LogP contribution in [0.3, 0.4) is 0 Å². The van der Waals surface area contributed by atoms with E-state index in [1.54, 1.807) is 17.0 Å². The molecule has 0 aromatic heterocycles. The molecule has 1 fully saturated rings. The fraction of sp³-hybridized carbons (Fsp3) is 0.429. The molecule has 0 bridgehead atoms. The zero-order valence-electron chi connectivity index (χ0n) is 11.4. The molecule has 112 valence electrons. The summed E-state index contributed by atoms with van der Waals surface area (Å²) in [4.78, 5) is 26.0. The zero-order valence-corrected chi connectivity index (χ0v) is 12.9. The van der Waals surface area contributed by atoms with Gasteiger partial charge in [-0.25, -0.2) is 0 Å². The number of ether oxygens (including phenoxy) is 1. The largest absolute Gasteiger partial charge is 0.375 e. The summed E-state index contributed by atoms with van der Waals surface area (Å²) in [6, 6.07) is 3.38. The van der Waals surface area contributed by atoms with Gasteiger partial charge in [-0.3, -0.25) is 9.59 Å². The van der Waals surface area contributed by atoms with Crippen molar-refractivity contribution in [2.24, 2.45) is 0 Å². The van der Waals surface area contributed by atoms with Gasteiger partial charge in [0.15, 0.2) is 0 Å². The van der Waals surface area contributed by atoms with Gasteiger partial charge < -0.3 is 15.0 Å². The van der Waals surface area contributed by atoms with Crippen LogP contribution in [0.25, 0.3) is 0 Å². The highest BCUT2D eigenvalue weighted by Crippen LogP contribution is 2.46. The summed E-state index contributed by atoms with van der Waals surface area (Å²) in [5.41, 5.74) is 0.762. The van der Waals surface area contributed by atoms with Crippen LogP contribution in [0.2, 0.25) is 10.0 Å². The van der Waals surface area contributed by atoms with E-state index < -0.39 is 5.41 Å². The van der Waals surface area contributed by atoms with Gasteiger partial charge in [0.1, 0.15) is 6.61 Å². The Hall–Kier alpha value is -1.30. The van der Waals surface area contributed by atoms with Crippen molar-refractivity contribution in [1.29, 1.82) is 0 Å². The molecular formula is C14H14Cl2N2O3. The third-order valence-electron chi connectivity index (χ3n) is 4.15. The predicted molar refractivity (Wildman–Crippen MR) is 79.8 cm³/mol. The normalized spacial score (nSPS) is 23.6. The number of carbonyl (C=O) groups excluding carboxylic acids is 2. The van der Waals surface area contributed by atoms with Crippen molar-refractivity contribution < 1.29 is 14.3 Å². The van der Waals surface area contributed by atoms with E-state index in [0.717, 1.165) is 5.56 Å².